The zero-order chi connectivity index (χ0) is 19.1. The lowest BCUT2D eigenvalue weighted by atomic mass is 10.1. The number of para-hydroxylation sites is 1. The third-order valence-electron chi connectivity index (χ3n) is 3.49. The van der Waals surface area contributed by atoms with Gasteiger partial charge in [0.15, 0.2) is 11.5 Å². The first-order chi connectivity index (χ1) is 12.4. The van der Waals surface area contributed by atoms with Crippen molar-refractivity contribution in [3.63, 3.8) is 0 Å². The zero-order valence-electron chi connectivity index (χ0n) is 14.3. The smallest absolute Gasteiger partial charge is 0.243 e. The predicted molar refractivity (Wildman–Crippen MR) is 91.2 cm³/mol. The average Bonchev–Trinajstić information content (AvgIpc) is 2.63. The second-order valence-electron chi connectivity index (χ2n) is 5.29. The predicted octanol–water partition coefficient (Wildman–Crippen LogP) is 2.28. The molecule has 2 aromatic carbocycles. The molecule has 0 fully saturated rings. The van der Waals surface area contributed by atoms with Crippen LogP contribution in [0.2, 0.25) is 0 Å². The van der Waals surface area contributed by atoms with E-state index in [0.717, 1.165) is 12.1 Å². The minimum atomic E-state index is -0.894. The highest BCUT2D eigenvalue weighted by Gasteiger charge is 2.13. The van der Waals surface area contributed by atoms with Crippen LogP contribution in [0.4, 0.5) is 14.5 Å². The molecule has 26 heavy (non-hydrogen) atoms. The Morgan fingerprint density at radius 3 is 2.23 bits per heavy atom. The molecule has 138 valence electrons. The Bertz CT molecular complexity index is 792. The zero-order valence-corrected chi connectivity index (χ0v) is 14.3. The summed E-state index contributed by atoms with van der Waals surface area (Å²) in [5.41, 5.74) is 0.104. The molecule has 0 atom stereocenters. The van der Waals surface area contributed by atoms with Gasteiger partial charge in [-0.2, -0.15) is 0 Å². The van der Waals surface area contributed by atoms with E-state index in [1.165, 1.54) is 20.3 Å². The average molecular weight is 364 g/mol. The van der Waals surface area contributed by atoms with Crippen molar-refractivity contribution in [3.8, 4) is 11.5 Å². The van der Waals surface area contributed by atoms with Crippen molar-refractivity contribution >= 4 is 17.5 Å². The van der Waals surface area contributed by atoms with Crippen molar-refractivity contribution in [2.24, 2.45) is 0 Å². The first kappa shape index (κ1) is 19.2. The van der Waals surface area contributed by atoms with Gasteiger partial charge in [0.25, 0.3) is 0 Å². The first-order valence-corrected chi connectivity index (χ1v) is 7.66. The van der Waals surface area contributed by atoms with Crippen LogP contribution in [0.1, 0.15) is 5.56 Å². The lowest BCUT2D eigenvalue weighted by Crippen LogP contribution is -2.34. The largest absolute Gasteiger partial charge is 0.493 e. The number of carbonyl (C=O) groups excluding carboxylic acids is 2. The quantitative estimate of drug-likeness (QED) is 0.790. The lowest BCUT2D eigenvalue weighted by Gasteiger charge is -2.10. The van der Waals surface area contributed by atoms with Gasteiger partial charge >= 0.3 is 0 Å². The first-order valence-electron chi connectivity index (χ1n) is 7.66. The van der Waals surface area contributed by atoms with E-state index < -0.39 is 35.7 Å². The maximum Gasteiger partial charge on any atom is 0.243 e. The van der Waals surface area contributed by atoms with Crippen LogP contribution in [-0.2, 0) is 16.0 Å². The molecule has 0 aliphatic carbocycles. The Hall–Kier alpha value is -3.16. The van der Waals surface area contributed by atoms with E-state index in [2.05, 4.69) is 10.6 Å². The molecular weight excluding hydrogens is 346 g/mol. The van der Waals surface area contributed by atoms with Gasteiger partial charge in [-0.05, 0) is 29.8 Å². The molecule has 6 nitrogen and oxygen atoms in total. The van der Waals surface area contributed by atoms with Crippen LogP contribution >= 0.6 is 0 Å². The van der Waals surface area contributed by atoms with Crippen molar-refractivity contribution in [1.82, 2.24) is 5.32 Å². The van der Waals surface area contributed by atoms with Crippen molar-refractivity contribution < 1.29 is 27.8 Å². The number of halogens is 2. The minimum Gasteiger partial charge on any atom is -0.493 e. The summed E-state index contributed by atoms with van der Waals surface area (Å²) >= 11 is 0. The van der Waals surface area contributed by atoms with Gasteiger partial charge in [-0.1, -0.05) is 12.1 Å². The molecule has 0 unspecified atom stereocenters. The van der Waals surface area contributed by atoms with Gasteiger partial charge in [-0.15, -0.1) is 0 Å². The number of methoxy groups -OCH3 is 2. The Morgan fingerprint density at radius 2 is 1.62 bits per heavy atom. The van der Waals surface area contributed by atoms with Crippen LogP contribution in [0.15, 0.2) is 36.4 Å². The maximum absolute atomic E-state index is 13.5. The fourth-order valence-electron chi connectivity index (χ4n) is 2.22. The molecule has 0 bridgehead atoms. The number of benzene rings is 2. The third kappa shape index (κ3) is 4.92. The molecule has 8 heteroatoms. The fraction of sp³-hybridized carbons (Fsp3) is 0.222. The van der Waals surface area contributed by atoms with Crippen molar-refractivity contribution in [2.45, 2.75) is 6.42 Å². The number of anilines is 1. The SMILES string of the molecule is COc1ccc(CC(=O)NCC(=O)Nc2c(F)cccc2F)cc1OC. The molecule has 0 saturated heterocycles. The summed E-state index contributed by atoms with van der Waals surface area (Å²) in [4.78, 5) is 23.7. The van der Waals surface area contributed by atoms with Crippen LogP contribution in [0.3, 0.4) is 0 Å². The number of ether oxygens (including phenoxy) is 2. The number of hydrogen-bond donors (Lipinski definition) is 2. The normalized spacial score (nSPS) is 10.2. The molecule has 0 spiro atoms. The van der Waals surface area contributed by atoms with E-state index >= 15 is 0 Å². The molecule has 2 aromatic rings. The molecule has 2 amide bonds. The molecule has 0 aliphatic rings. The number of rotatable bonds is 7. The number of amides is 2. The monoisotopic (exact) mass is 364 g/mol. The third-order valence-corrected chi connectivity index (χ3v) is 3.49. The summed E-state index contributed by atoms with van der Waals surface area (Å²) in [5.74, 6) is -1.95. The van der Waals surface area contributed by atoms with Crippen LogP contribution in [0.25, 0.3) is 0 Å². The summed E-state index contributed by atoms with van der Waals surface area (Å²) < 4.78 is 37.2. The molecule has 0 aromatic heterocycles. The Kier molecular flexibility index (Phi) is 6.48. The molecule has 0 saturated carbocycles. The number of nitrogens with one attached hydrogen (secondary N) is 2. The van der Waals surface area contributed by atoms with Gasteiger partial charge in [0.2, 0.25) is 11.8 Å². The second-order valence-corrected chi connectivity index (χ2v) is 5.29. The van der Waals surface area contributed by atoms with E-state index in [4.69, 9.17) is 9.47 Å². The maximum atomic E-state index is 13.5. The molecule has 0 aliphatic heterocycles. The summed E-state index contributed by atoms with van der Waals surface area (Å²) in [6.07, 6.45) is 0.00168. The van der Waals surface area contributed by atoms with E-state index in [9.17, 15) is 18.4 Å². The summed E-state index contributed by atoms with van der Waals surface area (Å²) in [7, 11) is 2.98. The number of carbonyl (C=O) groups is 2. The highest BCUT2D eigenvalue weighted by atomic mass is 19.1. The van der Waals surface area contributed by atoms with Crippen LogP contribution in [0.5, 0.6) is 11.5 Å². The van der Waals surface area contributed by atoms with E-state index in [-0.39, 0.29) is 6.42 Å². The van der Waals surface area contributed by atoms with Crippen molar-refractivity contribution in [1.29, 1.82) is 0 Å². The minimum absolute atomic E-state index is 0.00168. The summed E-state index contributed by atoms with van der Waals surface area (Å²) in [5, 5.41) is 4.48. The topological polar surface area (TPSA) is 76.7 Å². The molecular formula is C18H18F2N2O4. The van der Waals surface area contributed by atoms with Gasteiger partial charge in [0, 0.05) is 0 Å². The Morgan fingerprint density at radius 1 is 0.962 bits per heavy atom. The lowest BCUT2D eigenvalue weighted by molar-refractivity contribution is -0.123. The van der Waals surface area contributed by atoms with Gasteiger partial charge < -0.3 is 20.1 Å². The second kappa shape index (κ2) is 8.80. The highest BCUT2D eigenvalue weighted by Crippen LogP contribution is 2.27. The molecule has 2 N–H and O–H groups in total. The standard InChI is InChI=1S/C18H18F2N2O4/c1-25-14-7-6-11(8-15(14)26-2)9-16(23)21-10-17(24)22-18-12(19)4-3-5-13(18)20/h3-8H,9-10H2,1-2H3,(H,21,23)(H,22,24). The van der Waals surface area contributed by atoms with Crippen LogP contribution < -0.4 is 20.1 Å². The number of hydrogen-bond acceptors (Lipinski definition) is 4. The van der Waals surface area contributed by atoms with E-state index in [0.29, 0.717) is 17.1 Å². The van der Waals surface area contributed by atoms with Crippen LogP contribution in [-0.4, -0.2) is 32.6 Å². The van der Waals surface area contributed by atoms with Gasteiger partial charge in [-0.25, -0.2) is 8.78 Å². The molecule has 0 radical (unpaired) electrons. The molecule has 0 heterocycles. The summed E-state index contributed by atoms with van der Waals surface area (Å²) in [6, 6.07) is 8.23. The van der Waals surface area contributed by atoms with Gasteiger partial charge in [0.1, 0.15) is 17.3 Å². The highest BCUT2D eigenvalue weighted by molar-refractivity contribution is 5.94. The van der Waals surface area contributed by atoms with Gasteiger partial charge in [0.05, 0.1) is 27.2 Å². The van der Waals surface area contributed by atoms with Crippen LogP contribution in [0, 0.1) is 11.6 Å². The Labute approximate surface area is 149 Å². The Balaban J connectivity index is 1.89. The van der Waals surface area contributed by atoms with E-state index in [1.807, 2.05) is 0 Å². The van der Waals surface area contributed by atoms with Crippen molar-refractivity contribution in [2.75, 3.05) is 26.1 Å². The fourth-order valence-corrected chi connectivity index (χ4v) is 2.22. The summed E-state index contributed by atoms with van der Waals surface area (Å²) in [6.45, 7) is -0.417. The molecule has 2 rings (SSSR count). The van der Waals surface area contributed by atoms with Gasteiger partial charge in [-0.3, -0.25) is 9.59 Å². The van der Waals surface area contributed by atoms with E-state index in [1.54, 1.807) is 18.2 Å². The van der Waals surface area contributed by atoms with Crippen molar-refractivity contribution in [3.05, 3.63) is 53.6 Å².